The largest absolute Gasteiger partial charge is 0.376 e. The zero-order valence-corrected chi connectivity index (χ0v) is 21.0. The van der Waals surface area contributed by atoms with E-state index in [2.05, 4.69) is 92.3 Å². The van der Waals surface area contributed by atoms with Gasteiger partial charge in [-0.2, -0.15) is 0 Å². The Labute approximate surface area is 196 Å². The summed E-state index contributed by atoms with van der Waals surface area (Å²) < 4.78 is 12.5. The second kappa shape index (κ2) is 13.9. The van der Waals surface area contributed by atoms with Crippen LogP contribution in [0.3, 0.4) is 0 Å². The average molecular weight is 447 g/mol. The fourth-order valence-electron chi connectivity index (χ4n) is 3.37. The second-order valence-electron chi connectivity index (χ2n) is 9.39. The predicted molar refractivity (Wildman–Crippen MR) is 139 cm³/mol. The van der Waals surface area contributed by atoms with Gasteiger partial charge in [0.1, 0.15) is 8.07 Å². The quantitative estimate of drug-likeness (QED) is 0.184. The minimum Gasteiger partial charge on any atom is -0.376 e. The molecular weight excluding hydrogens is 408 g/mol. The molecule has 0 heterocycles. The lowest BCUT2D eigenvalue weighted by Gasteiger charge is -2.32. The summed E-state index contributed by atoms with van der Waals surface area (Å²) in [5.74, 6) is 3.51. The molecular formula is C29H38O2Si. The van der Waals surface area contributed by atoms with Crippen molar-refractivity contribution in [2.75, 3.05) is 13.2 Å². The van der Waals surface area contributed by atoms with E-state index in [0.29, 0.717) is 26.4 Å². The highest BCUT2D eigenvalue weighted by atomic mass is 28.3. The van der Waals surface area contributed by atoms with Gasteiger partial charge in [-0.1, -0.05) is 105 Å². The summed E-state index contributed by atoms with van der Waals surface area (Å²) >= 11 is 0. The van der Waals surface area contributed by atoms with Crippen molar-refractivity contribution in [1.82, 2.24) is 0 Å². The standard InChI is InChI=1S/C29H38O2Si/c1-5-6-7-14-20-29(21-15-22-32(2,3)4,25-30-23-27-16-10-8-11-17-27)26-31-24-28-18-12-9-13-19-28/h5-13,16-19H,1,14,20-21,23-26H2,2-4H3/b7-6+. The van der Waals surface area contributed by atoms with E-state index < -0.39 is 8.07 Å². The molecule has 0 aliphatic carbocycles. The fourth-order valence-corrected chi connectivity index (χ4v) is 3.99. The van der Waals surface area contributed by atoms with E-state index in [9.17, 15) is 0 Å². The Hall–Kier alpha value is -2.38. The van der Waals surface area contributed by atoms with Crippen LogP contribution in [-0.2, 0) is 22.7 Å². The van der Waals surface area contributed by atoms with Crippen molar-refractivity contribution in [1.29, 1.82) is 0 Å². The zero-order valence-electron chi connectivity index (χ0n) is 20.0. The van der Waals surface area contributed by atoms with Gasteiger partial charge in [-0.3, -0.25) is 0 Å². The van der Waals surface area contributed by atoms with Crippen molar-refractivity contribution < 1.29 is 9.47 Å². The topological polar surface area (TPSA) is 18.5 Å². The Morgan fingerprint density at radius 3 is 1.88 bits per heavy atom. The highest BCUT2D eigenvalue weighted by Crippen LogP contribution is 2.31. The highest BCUT2D eigenvalue weighted by Gasteiger charge is 2.30. The van der Waals surface area contributed by atoms with Gasteiger partial charge in [-0.05, 0) is 24.0 Å². The lowest BCUT2D eigenvalue weighted by atomic mass is 9.81. The lowest BCUT2D eigenvalue weighted by Crippen LogP contribution is -2.32. The minimum absolute atomic E-state index is 0.151. The first kappa shape index (κ1) is 25.9. The maximum atomic E-state index is 6.25. The molecule has 3 heteroatoms. The summed E-state index contributed by atoms with van der Waals surface area (Å²) in [5.41, 5.74) is 5.76. The molecule has 0 unspecified atom stereocenters. The molecule has 32 heavy (non-hydrogen) atoms. The summed E-state index contributed by atoms with van der Waals surface area (Å²) in [7, 11) is -1.44. The summed E-state index contributed by atoms with van der Waals surface area (Å²) in [6, 6.07) is 20.7. The average Bonchev–Trinajstić information content (AvgIpc) is 2.77. The first-order valence-corrected chi connectivity index (χ1v) is 14.9. The van der Waals surface area contributed by atoms with Crippen LogP contribution in [0.4, 0.5) is 0 Å². The van der Waals surface area contributed by atoms with Crippen LogP contribution in [0.1, 0.15) is 30.4 Å². The molecule has 0 fully saturated rings. The molecule has 0 spiro atoms. The van der Waals surface area contributed by atoms with Crippen LogP contribution in [-0.4, -0.2) is 21.3 Å². The molecule has 0 saturated carbocycles. The fraction of sp³-hybridized carbons (Fsp3) is 0.379. The summed E-state index contributed by atoms with van der Waals surface area (Å²) in [6.45, 7) is 13.1. The lowest BCUT2D eigenvalue weighted by molar-refractivity contribution is -0.0346. The van der Waals surface area contributed by atoms with Gasteiger partial charge in [0, 0.05) is 11.8 Å². The molecule has 0 radical (unpaired) electrons. The number of hydrogen-bond acceptors (Lipinski definition) is 2. The monoisotopic (exact) mass is 446 g/mol. The van der Waals surface area contributed by atoms with Crippen LogP contribution in [0.15, 0.2) is 85.5 Å². The van der Waals surface area contributed by atoms with Crippen LogP contribution >= 0.6 is 0 Å². The summed E-state index contributed by atoms with van der Waals surface area (Å²) in [5, 5.41) is 0. The van der Waals surface area contributed by atoms with Crippen LogP contribution in [0.5, 0.6) is 0 Å². The van der Waals surface area contributed by atoms with Crippen molar-refractivity contribution in [3.05, 3.63) is 96.6 Å². The first-order valence-electron chi connectivity index (χ1n) is 11.4. The van der Waals surface area contributed by atoms with Crippen LogP contribution in [0, 0.1) is 16.9 Å². The molecule has 0 saturated heterocycles. The third-order valence-electron chi connectivity index (χ3n) is 5.08. The van der Waals surface area contributed by atoms with Gasteiger partial charge >= 0.3 is 0 Å². The Balaban J connectivity index is 2.13. The van der Waals surface area contributed by atoms with Gasteiger partial charge in [-0.15, -0.1) is 11.5 Å². The highest BCUT2D eigenvalue weighted by molar-refractivity contribution is 6.83. The first-order chi connectivity index (χ1) is 15.4. The van der Waals surface area contributed by atoms with Gasteiger partial charge in [-0.25, -0.2) is 0 Å². The van der Waals surface area contributed by atoms with Crippen molar-refractivity contribution in [2.45, 2.75) is 52.1 Å². The SMILES string of the molecule is C=C/C=C/CCC(CC#C[Si](C)(C)C)(COCc1ccccc1)COCc1ccccc1. The van der Waals surface area contributed by atoms with E-state index in [1.165, 1.54) is 11.1 Å². The van der Waals surface area contributed by atoms with Gasteiger partial charge < -0.3 is 9.47 Å². The van der Waals surface area contributed by atoms with Gasteiger partial charge in [0.25, 0.3) is 0 Å². The minimum atomic E-state index is -1.44. The van der Waals surface area contributed by atoms with Crippen molar-refractivity contribution >= 4 is 8.07 Å². The molecule has 0 atom stereocenters. The summed E-state index contributed by atoms with van der Waals surface area (Å²) in [6.07, 6.45) is 8.69. The van der Waals surface area contributed by atoms with Gasteiger partial charge in [0.05, 0.1) is 26.4 Å². The third kappa shape index (κ3) is 10.8. The summed E-state index contributed by atoms with van der Waals surface area (Å²) in [4.78, 5) is 0. The normalized spacial score (nSPS) is 11.8. The number of ether oxygens (including phenoxy) is 2. The van der Waals surface area contributed by atoms with E-state index in [1.807, 2.05) is 24.3 Å². The molecule has 0 N–H and O–H groups in total. The van der Waals surface area contributed by atoms with Crippen LogP contribution in [0.25, 0.3) is 0 Å². The van der Waals surface area contributed by atoms with Gasteiger partial charge in [0.2, 0.25) is 0 Å². The molecule has 0 aromatic heterocycles. The zero-order chi connectivity index (χ0) is 23.1. The molecule has 2 aromatic rings. The Morgan fingerprint density at radius 1 is 0.875 bits per heavy atom. The maximum Gasteiger partial charge on any atom is 0.129 e. The molecule has 2 nitrogen and oxygen atoms in total. The molecule has 0 aliphatic rings. The van der Waals surface area contributed by atoms with Gasteiger partial charge in [0.15, 0.2) is 0 Å². The smallest absolute Gasteiger partial charge is 0.129 e. The van der Waals surface area contributed by atoms with Crippen LogP contribution < -0.4 is 0 Å². The molecule has 0 aliphatic heterocycles. The third-order valence-corrected chi connectivity index (χ3v) is 6.01. The Bertz CT molecular complexity index is 825. The predicted octanol–water partition coefficient (Wildman–Crippen LogP) is 7.20. The second-order valence-corrected chi connectivity index (χ2v) is 14.1. The molecule has 2 rings (SSSR count). The maximum absolute atomic E-state index is 6.25. The number of rotatable bonds is 13. The van der Waals surface area contributed by atoms with E-state index in [4.69, 9.17) is 9.47 Å². The molecule has 2 aromatic carbocycles. The van der Waals surface area contributed by atoms with Crippen LogP contribution in [0.2, 0.25) is 19.6 Å². The van der Waals surface area contributed by atoms with E-state index in [-0.39, 0.29) is 5.41 Å². The van der Waals surface area contributed by atoms with Crippen molar-refractivity contribution in [3.63, 3.8) is 0 Å². The Morgan fingerprint density at radius 2 is 1.41 bits per heavy atom. The Kier molecular flexibility index (Phi) is 11.2. The van der Waals surface area contributed by atoms with Crippen molar-refractivity contribution in [3.8, 4) is 11.5 Å². The number of hydrogen-bond donors (Lipinski definition) is 0. The van der Waals surface area contributed by atoms with Crippen molar-refractivity contribution in [2.24, 2.45) is 5.41 Å². The molecule has 0 amide bonds. The van der Waals surface area contributed by atoms with E-state index in [1.54, 1.807) is 0 Å². The van der Waals surface area contributed by atoms with E-state index in [0.717, 1.165) is 19.3 Å². The number of allylic oxidation sites excluding steroid dienone is 3. The van der Waals surface area contributed by atoms with E-state index >= 15 is 0 Å². The molecule has 0 bridgehead atoms. The number of benzene rings is 2. The molecule has 170 valence electrons.